The highest BCUT2D eigenvalue weighted by atomic mass is 19.1. The first-order valence-electron chi connectivity index (χ1n) is 11.1. The zero-order valence-electron chi connectivity index (χ0n) is 19.3. The molecule has 2 aromatic heterocycles. The number of nitrogens with zero attached hydrogens (tertiary/aromatic N) is 4. The van der Waals surface area contributed by atoms with Crippen molar-refractivity contribution in [1.29, 1.82) is 0 Å². The zero-order chi connectivity index (χ0) is 24.3. The van der Waals surface area contributed by atoms with Gasteiger partial charge in [0.25, 0.3) is 0 Å². The van der Waals surface area contributed by atoms with Crippen molar-refractivity contribution < 1.29 is 23.5 Å². The third-order valence-electron chi connectivity index (χ3n) is 5.62. The van der Waals surface area contributed by atoms with Crippen LogP contribution in [0.5, 0.6) is 0 Å². The zero-order valence-corrected chi connectivity index (χ0v) is 19.3. The maximum Gasteiger partial charge on any atom is 0.419 e. The Hall–Kier alpha value is -3.69. The van der Waals surface area contributed by atoms with E-state index in [9.17, 15) is 14.0 Å². The third-order valence-corrected chi connectivity index (χ3v) is 5.62. The van der Waals surface area contributed by atoms with E-state index in [1.807, 2.05) is 51.1 Å². The normalized spacial score (nSPS) is 20.2. The quantitative estimate of drug-likeness (QED) is 0.573. The molecule has 2 heterocycles. The Bertz CT molecular complexity index is 1120. The van der Waals surface area contributed by atoms with E-state index < -0.39 is 30.0 Å². The van der Waals surface area contributed by atoms with Gasteiger partial charge in [-0.1, -0.05) is 30.3 Å². The molecule has 0 spiro atoms. The van der Waals surface area contributed by atoms with Crippen molar-refractivity contribution in [3.63, 3.8) is 0 Å². The Morgan fingerprint density at radius 2 is 1.97 bits per heavy atom. The fraction of sp³-hybridized carbons (Fsp3) is 0.417. The summed E-state index contributed by atoms with van der Waals surface area (Å²) in [6.45, 7) is 5.99. The molecule has 0 radical (unpaired) electrons. The smallest absolute Gasteiger partial charge is 0.419 e. The van der Waals surface area contributed by atoms with Gasteiger partial charge in [-0.2, -0.15) is 5.10 Å². The molecule has 0 unspecified atom stereocenters. The lowest BCUT2D eigenvalue weighted by Crippen LogP contribution is -2.27. The predicted molar refractivity (Wildman–Crippen MR) is 122 cm³/mol. The average Bonchev–Trinajstić information content (AvgIpc) is 3.53. The van der Waals surface area contributed by atoms with Gasteiger partial charge in [0.2, 0.25) is 0 Å². The molecule has 0 bridgehead atoms. The molecule has 180 valence electrons. The standard InChI is InChI=1S/C24H28FN5O4/c1-24(2,3)30-21(27-22(31)33-14-16-7-5-4-6-8-16)13-19(28-30)17-11-18(25)20(12-17)34-23(32)29-10-9-26-15-29/h4-10,13,15,17-18,20H,11-12,14H2,1-3H3,(H,27,31)/t17-,18-,20-/m1/s1. The minimum atomic E-state index is -1.32. The van der Waals surface area contributed by atoms with Crippen LogP contribution in [0.2, 0.25) is 0 Å². The van der Waals surface area contributed by atoms with Gasteiger partial charge in [-0.25, -0.2) is 28.2 Å². The predicted octanol–water partition coefficient (Wildman–Crippen LogP) is 4.85. The molecule has 1 aliphatic carbocycles. The molecule has 1 N–H and O–H groups in total. The second-order valence-electron chi connectivity index (χ2n) is 9.30. The summed E-state index contributed by atoms with van der Waals surface area (Å²) in [5.41, 5.74) is 1.05. The summed E-state index contributed by atoms with van der Waals surface area (Å²) >= 11 is 0. The highest BCUT2D eigenvalue weighted by molar-refractivity contribution is 5.83. The summed E-state index contributed by atoms with van der Waals surface area (Å²) < 4.78 is 28.2. The van der Waals surface area contributed by atoms with Crippen molar-refractivity contribution >= 4 is 18.0 Å². The van der Waals surface area contributed by atoms with Gasteiger partial charge in [0.15, 0.2) is 0 Å². The highest BCUT2D eigenvalue weighted by Gasteiger charge is 2.40. The van der Waals surface area contributed by atoms with Crippen LogP contribution in [0.3, 0.4) is 0 Å². The molecule has 0 saturated heterocycles. The number of halogens is 1. The number of rotatable bonds is 5. The number of aromatic nitrogens is 4. The molecule has 3 aromatic rings. The molecule has 1 amide bonds. The Kier molecular flexibility index (Phi) is 6.67. The van der Waals surface area contributed by atoms with Crippen LogP contribution < -0.4 is 5.32 Å². The lowest BCUT2D eigenvalue weighted by atomic mass is 10.0. The maximum absolute atomic E-state index is 14.7. The number of alkyl halides is 1. The number of hydrogen-bond donors (Lipinski definition) is 1. The van der Waals surface area contributed by atoms with E-state index in [1.165, 1.54) is 18.7 Å². The number of carbonyl (C=O) groups excluding carboxylic acids is 2. The van der Waals surface area contributed by atoms with Gasteiger partial charge < -0.3 is 9.47 Å². The maximum atomic E-state index is 14.7. The van der Waals surface area contributed by atoms with E-state index >= 15 is 0 Å². The summed E-state index contributed by atoms with van der Waals surface area (Å²) in [6, 6.07) is 11.1. The Labute approximate surface area is 196 Å². The van der Waals surface area contributed by atoms with Crippen LogP contribution in [-0.4, -0.2) is 43.8 Å². The molecule has 1 saturated carbocycles. The van der Waals surface area contributed by atoms with Gasteiger partial charge in [0, 0.05) is 24.4 Å². The molecule has 1 aromatic carbocycles. The Morgan fingerprint density at radius 3 is 2.65 bits per heavy atom. The van der Waals surface area contributed by atoms with Crippen molar-refractivity contribution in [2.45, 2.75) is 64.0 Å². The van der Waals surface area contributed by atoms with E-state index in [1.54, 1.807) is 10.7 Å². The number of hydrogen-bond acceptors (Lipinski definition) is 6. The molecule has 9 nitrogen and oxygen atoms in total. The lowest BCUT2D eigenvalue weighted by Gasteiger charge is -2.22. The number of carbonyl (C=O) groups is 2. The van der Waals surface area contributed by atoms with E-state index in [0.29, 0.717) is 17.9 Å². The van der Waals surface area contributed by atoms with Crippen LogP contribution in [0.15, 0.2) is 55.1 Å². The summed E-state index contributed by atoms with van der Waals surface area (Å²) in [6.07, 6.45) is 1.18. The van der Waals surface area contributed by atoms with E-state index in [-0.39, 0.29) is 18.9 Å². The van der Waals surface area contributed by atoms with Crippen LogP contribution in [0.1, 0.15) is 50.8 Å². The van der Waals surface area contributed by atoms with Gasteiger partial charge in [-0.15, -0.1) is 0 Å². The SMILES string of the molecule is CC(C)(C)n1nc([C@@H]2C[C@@H](F)[C@H](OC(=O)n3ccnc3)C2)cc1NC(=O)OCc1ccccc1. The monoisotopic (exact) mass is 469 g/mol. The van der Waals surface area contributed by atoms with Crippen LogP contribution >= 0.6 is 0 Å². The van der Waals surface area contributed by atoms with Crippen molar-refractivity contribution in [3.8, 4) is 0 Å². The highest BCUT2D eigenvalue weighted by Crippen LogP contribution is 2.39. The van der Waals surface area contributed by atoms with Gasteiger partial charge in [0.1, 0.15) is 31.0 Å². The van der Waals surface area contributed by atoms with E-state index in [2.05, 4.69) is 15.4 Å². The molecular weight excluding hydrogens is 441 g/mol. The minimum Gasteiger partial charge on any atom is -0.444 e. The van der Waals surface area contributed by atoms with Gasteiger partial charge in [0.05, 0.1) is 11.2 Å². The Balaban J connectivity index is 1.44. The van der Waals surface area contributed by atoms with Crippen LogP contribution in [0.4, 0.5) is 19.8 Å². The number of amides is 1. The van der Waals surface area contributed by atoms with Crippen LogP contribution in [0, 0.1) is 0 Å². The molecule has 34 heavy (non-hydrogen) atoms. The first-order valence-corrected chi connectivity index (χ1v) is 11.1. The van der Waals surface area contributed by atoms with E-state index in [0.717, 1.165) is 10.1 Å². The van der Waals surface area contributed by atoms with Crippen LogP contribution in [-0.2, 0) is 21.6 Å². The molecular formula is C24H28FN5O4. The molecule has 4 rings (SSSR count). The minimum absolute atomic E-state index is 0.138. The molecule has 1 fully saturated rings. The van der Waals surface area contributed by atoms with Gasteiger partial charge in [-0.3, -0.25) is 5.32 Å². The van der Waals surface area contributed by atoms with Crippen molar-refractivity contribution in [3.05, 3.63) is 66.4 Å². The molecule has 1 aliphatic rings. The number of nitrogens with one attached hydrogen (secondary N) is 1. The summed E-state index contributed by atoms with van der Waals surface area (Å²) in [7, 11) is 0. The number of ether oxygens (including phenoxy) is 2. The number of imidazole rings is 1. The first-order chi connectivity index (χ1) is 16.2. The topological polar surface area (TPSA) is 100 Å². The van der Waals surface area contributed by atoms with Crippen molar-refractivity contribution in [2.24, 2.45) is 0 Å². The lowest BCUT2D eigenvalue weighted by molar-refractivity contribution is 0.0616. The summed E-state index contributed by atoms with van der Waals surface area (Å²) in [5.74, 6) is 0.190. The third kappa shape index (κ3) is 5.44. The second kappa shape index (κ2) is 9.66. The molecule has 10 heteroatoms. The molecule has 0 aliphatic heterocycles. The Morgan fingerprint density at radius 1 is 1.21 bits per heavy atom. The second-order valence-corrected chi connectivity index (χ2v) is 9.30. The summed E-state index contributed by atoms with van der Waals surface area (Å²) in [4.78, 5) is 28.4. The fourth-order valence-electron chi connectivity index (χ4n) is 3.93. The number of benzene rings is 1. The van der Waals surface area contributed by atoms with Crippen LogP contribution in [0.25, 0.3) is 0 Å². The fourth-order valence-corrected chi connectivity index (χ4v) is 3.93. The van der Waals surface area contributed by atoms with Gasteiger partial charge in [-0.05, 0) is 39.2 Å². The molecule has 3 atom stereocenters. The van der Waals surface area contributed by atoms with Crippen molar-refractivity contribution in [1.82, 2.24) is 19.3 Å². The van der Waals surface area contributed by atoms with E-state index in [4.69, 9.17) is 9.47 Å². The first kappa shape index (κ1) is 23.5. The summed E-state index contributed by atoms with van der Waals surface area (Å²) in [5, 5.41) is 7.41. The van der Waals surface area contributed by atoms with Crippen molar-refractivity contribution in [2.75, 3.05) is 5.32 Å². The van der Waals surface area contributed by atoms with Gasteiger partial charge >= 0.3 is 12.2 Å². The number of anilines is 1. The average molecular weight is 470 g/mol. The largest absolute Gasteiger partial charge is 0.444 e.